The first kappa shape index (κ1) is 13.7. The van der Waals surface area contributed by atoms with Crippen LogP contribution < -0.4 is 0 Å². The molecule has 0 fully saturated rings. The van der Waals surface area contributed by atoms with Crippen molar-refractivity contribution in [2.24, 2.45) is 0 Å². The van der Waals surface area contributed by atoms with Crippen molar-refractivity contribution in [3.05, 3.63) is 49.9 Å². The first-order valence-corrected chi connectivity index (χ1v) is 7.41. The molecule has 1 heterocycles. The summed E-state index contributed by atoms with van der Waals surface area (Å²) < 4.78 is 1.02. The van der Waals surface area contributed by atoms with Crippen LogP contribution in [0.5, 0.6) is 0 Å². The van der Waals surface area contributed by atoms with Gasteiger partial charge >= 0.3 is 0 Å². The van der Waals surface area contributed by atoms with Gasteiger partial charge in [0.2, 0.25) is 0 Å². The number of hydrogen-bond acceptors (Lipinski definition) is 3. The number of aromatic nitrogens is 1. The van der Waals surface area contributed by atoms with E-state index in [1.807, 2.05) is 38.1 Å². The molecule has 2 nitrogen and oxygen atoms in total. The van der Waals surface area contributed by atoms with E-state index in [1.54, 1.807) is 11.3 Å². The molecule has 1 unspecified atom stereocenters. The second-order valence-electron chi connectivity index (χ2n) is 4.71. The quantitative estimate of drug-likeness (QED) is 0.926. The van der Waals surface area contributed by atoms with Crippen LogP contribution in [0.2, 0.25) is 0 Å². The van der Waals surface area contributed by atoms with Crippen LogP contribution >= 0.6 is 27.3 Å². The molecule has 2 rings (SSSR count). The predicted molar refractivity (Wildman–Crippen MR) is 79.0 cm³/mol. The van der Waals surface area contributed by atoms with Crippen molar-refractivity contribution in [1.82, 2.24) is 4.98 Å². The molecule has 1 aromatic heterocycles. The molecule has 2 aromatic rings. The minimum absolute atomic E-state index is 0.550. The summed E-state index contributed by atoms with van der Waals surface area (Å²) in [5.74, 6) is 0. The Balaban J connectivity index is 2.23. The number of rotatable bonds is 3. The molecule has 0 aliphatic rings. The highest BCUT2D eigenvalue weighted by Crippen LogP contribution is 2.29. The molecule has 1 N–H and O–H groups in total. The topological polar surface area (TPSA) is 33.1 Å². The van der Waals surface area contributed by atoms with Crippen molar-refractivity contribution in [3.8, 4) is 0 Å². The molecule has 0 spiro atoms. The number of aryl methyl sites for hydroxylation is 2. The van der Waals surface area contributed by atoms with E-state index < -0.39 is 5.60 Å². The standard InChI is InChI=1S/C14H16BrNOS/c1-9-10(2)18-13(16-9)8-14(3,17)11-4-6-12(15)7-5-11/h4-7,17H,8H2,1-3H3. The Morgan fingerprint density at radius 1 is 1.28 bits per heavy atom. The number of benzene rings is 1. The Kier molecular flexibility index (Phi) is 3.90. The van der Waals surface area contributed by atoms with Crippen molar-refractivity contribution in [3.63, 3.8) is 0 Å². The Labute approximate surface area is 120 Å². The van der Waals surface area contributed by atoms with Crippen LogP contribution in [0.3, 0.4) is 0 Å². The molecular formula is C14H16BrNOS. The van der Waals surface area contributed by atoms with Gasteiger partial charge in [-0.2, -0.15) is 0 Å². The average Bonchev–Trinajstić information content (AvgIpc) is 2.57. The number of thiazole rings is 1. The lowest BCUT2D eigenvalue weighted by molar-refractivity contribution is 0.0575. The minimum atomic E-state index is -0.878. The summed E-state index contributed by atoms with van der Waals surface area (Å²) in [6, 6.07) is 7.78. The predicted octanol–water partition coefficient (Wildman–Crippen LogP) is 3.97. The molecule has 0 bridgehead atoms. The first-order chi connectivity index (χ1) is 8.38. The summed E-state index contributed by atoms with van der Waals surface area (Å²) >= 11 is 5.06. The molecule has 4 heteroatoms. The van der Waals surface area contributed by atoms with E-state index in [1.165, 1.54) is 4.88 Å². The van der Waals surface area contributed by atoms with Gasteiger partial charge < -0.3 is 5.11 Å². The van der Waals surface area contributed by atoms with Gasteiger partial charge in [-0.05, 0) is 38.5 Å². The number of hydrogen-bond donors (Lipinski definition) is 1. The highest BCUT2D eigenvalue weighted by atomic mass is 79.9. The Bertz CT molecular complexity index is 526. The molecule has 18 heavy (non-hydrogen) atoms. The first-order valence-electron chi connectivity index (χ1n) is 5.80. The van der Waals surface area contributed by atoms with Gasteiger partial charge in [0.25, 0.3) is 0 Å². The number of aliphatic hydroxyl groups is 1. The molecule has 96 valence electrons. The van der Waals surface area contributed by atoms with Crippen LogP contribution in [0.15, 0.2) is 28.7 Å². The highest BCUT2D eigenvalue weighted by molar-refractivity contribution is 9.10. The third kappa shape index (κ3) is 2.99. The van der Waals surface area contributed by atoms with E-state index >= 15 is 0 Å². The summed E-state index contributed by atoms with van der Waals surface area (Å²) in [6.07, 6.45) is 0.550. The molecule has 0 radical (unpaired) electrons. The van der Waals surface area contributed by atoms with E-state index in [0.29, 0.717) is 6.42 Å². The van der Waals surface area contributed by atoms with Crippen molar-refractivity contribution in [1.29, 1.82) is 0 Å². The zero-order chi connectivity index (χ0) is 13.3. The van der Waals surface area contributed by atoms with E-state index in [9.17, 15) is 5.11 Å². The smallest absolute Gasteiger partial charge is 0.0962 e. The maximum atomic E-state index is 10.6. The fourth-order valence-corrected chi connectivity index (χ4v) is 3.17. The van der Waals surface area contributed by atoms with Crippen molar-refractivity contribution in [2.75, 3.05) is 0 Å². The van der Waals surface area contributed by atoms with Crippen LogP contribution in [-0.2, 0) is 12.0 Å². The summed E-state index contributed by atoms with van der Waals surface area (Å²) in [7, 11) is 0. The van der Waals surface area contributed by atoms with Crippen LogP contribution in [-0.4, -0.2) is 10.1 Å². The van der Waals surface area contributed by atoms with Gasteiger partial charge in [-0.25, -0.2) is 4.98 Å². The molecule has 0 aliphatic carbocycles. The lowest BCUT2D eigenvalue weighted by Crippen LogP contribution is -2.24. The van der Waals surface area contributed by atoms with Crippen molar-refractivity contribution in [2.45, 2.75) is 32.8 Å². The second-order valence-corrected chi connectivity index (χ2v) is 6.91. The van der Waals surface area contributed by atoms with E-state index in [2.05, 4.69) is 27.8 Å². The SMILES string of the molecule is Cc1nc(CC(C)(O)c2ccc(Br)cc2)sc1C. The molecule has 0 aliphatic heterocycles. The van der Waals surface area contributed by atoms with Gasteiger partial charge in [0, 0.05) is 15.8 Å². The van der Waals surface area contributed by atoms with E-state index in [4.69, 9.17) is 0 Å². The summed E-state index contributed by atoms with van der Waals surface area (Å²) in [4.78, 5) is 5.71. The van der Waals surface area contributed by atoms with Gasteiger partial charge in [-0.15, -0.1) is 11.3 Å². The molecule has 1 aromatic carbocycles. The lowest BCUT2D eigenvalue weighted by atomic mass is 9.93. The highest BCUT2D eigenvalue weighted by Gasteiger charge is 2.25. The second kappa shape index (κ2) is 5.11. The number of nitrogens with zero attached hydrogens (tertiary/aromatic N) is 1. The third-order valence-corrected chi connectivity index (χ3v) is 4.64. The normalized spacial score (nSPS) is 14.5. The fraction of sp³-hybridized carbons (Fsp3) is 0.357. The molecule has 0 saturated carbocycles. The molecule has 0 amide bonds. The van der Waals surface area contributed by atoms with Crippen LogP contribution in [0.4, 0.5) is 0 Å². The fourth-order valence-electron chi connectivity index (χ4n) is 1.82. The van der Waals surface area contributed by atoms with Crippen LogP contribution in [0.1, 0.15) is 28.1 Å². The third-order valence-electron chi connectivity index (χ3n) is 3.03. The van der Waals surface area contributed by atoms with Crippen molar-refractivity contribution < 1.29 is 5.11 Å². The Hall–Kier alpha value is -0.710. The zero-order valence-electron chi connectivity index (χ0n) is 10.7. The van der Waals surface area contributed by atoms with Crippen molar-refractivity contribution >= 4 is 27.3 Å². The van der Waals surface area contributed by atoms with Crippen LogP contribution in [0, 0.1) is 13.8 Å². The van der Waals surface area contributed by atoms with Gasteiger partial charge in [0.15, 0.2) is 0 Å². The van der Waals surface area contributed by atoms with Gasteiger partial charge in [0.05, 0.1) is 16.3 Å². The summed E-state index contributed by atoms with van der Waals surface area (Å²) in [5, 5.41) is 11.6. The lowest BCUT2D eigenvalue weighted by Gasteiger charge is -2.22. The summed E-state index contributed by atoms with van der Waals surface area (Å²) in [5.41, 5.74) is 1.09. The minimum Gasteiger partial charge on any atom is -0.385 e. The maximum absolute atomic E-state index is 10.6. The maximum Gasteiger partial charge on any atom is 0.0962 e. The largest absolute Gasteiger partial charge is 0.385 e. The molecule has 0 saturated heterocycles. The summed E-state index contributed by atoms with van der Waals surface area (Å²) in [6.45, 7) is 5.90. The Morgan fingerprint density at radius 2 is 1.89 bits per heavy atom. The number of halogens is 1. The van der Waals surface area contributed by atoms with Gasteiger partial charge in [-0.3, -0.25) is 0 Å². The monoisotopic (exact) mass is 325 g/mol. The van der Waals surface area contributed by atoms with Gasteiger partial charge in [-0.1, -0.05) is 28.1 Å². The Morgan fingerprint density at radius 3 is 2.39 bits per heavy atom. The van der Waals surface area contributed by atoms with Gasteiger partial charge in [0.1, 0.15) is 0 Å². The average molecular weight is 326 g/mol. The zero-order valence-corrected chi connectivity index (χ0v) is 13.1. The molecule has 1 atom stereocenters. The van der Waals surface area contributed by atoms with E-state index in [0.717, 1.165) is 20.7 Å². The molecular weight excluding hydrogens is 310 g/mol. The van der Waals surface area contributed by atoms with E-state index in [-0.39, 0.29) is 0 Å². The van der Waals surface area contributed by atoms with Crippen LogP contribution in [0.25, 0.3) is 0 Å².